The maximum atomic E-state index is 6.02. The van der Waals surface area contributed by atoms with Crippen LogP contribution in [0.5, 0.6) is 0 Å². The van der Waals surface area contributed by atoms with Gasteiger partial charge in [-0.25, -0.2) is 4.98 Å². The molecule has 0 unspecified atom stereocenters. The lowest BCUT2D eigenvalue weighted by atomic mass is 9.98. The summed E-state index contributed by atoms with van der Waals surface area (Å²) in [5.74, 6) is 0.596. The second kappa shape index (κ2) is 6.99. The van der Waals surface area contributed by atoms with Crippen molar-refractivity contribution in [1.29, 1.82) is 0 Å². The van der Waals surface area contributed by atoms with Crippen LogP contribution in [0.15, 0.2) is 101 Å². The number of oxazole rings is 1. The summed E-state index contributed by atoms with van der Waals surface area (Å²) >= 11 is 6.00. The minimum atomic E-state index is 0.596. The topological polar surface area (TPSA) is 26.0 Å². The van der Waals surface area contributed by atoms with Crippen molar-refractivity contribution in [2.75, 3.05) is 0 Å². The highest BCUT2D eigenvalue weighted by atomic mass is 35.5. The van der Waals surface area contributed by atoms with Crippen LogP contribution in [-0.2, 0) is 0 Å². The van der Waals surface area contributed by atoms with Crippen molar-refractivity contribution in [3.8, 4) is 33.7 Å². The molecule has 0 saturated carbocycles. The summed E-state index contributed by atoms with van der Waals surface area (Å²) in [6.07, 6.45) is 0. The molecule has 0 aliphatic heterocycles. The second-order valence-corrected chi connectivity index (χ2v) is 7.06. The van der Waals surface area contributed by atoms with Crippen molar-refractivity contribution in [3.63, 3.8) is 0 Å². The summed E-state index contributed by atoms with van der Waals surface area (Å²) < 4.78 is 6.02. The molecule has 0 saturated heterocycles. The van der Waals surface area contributed by atoms with Gasteiger partial charge >= 0.3 is 0 Å². The monoisotopic (exact) mass is 381 g/mol. The lowest BCUT2D eigenvalue weighted by molar-refractivity contribution is 0.620. The van der Waals surface area contributed by atoms with Gasteiger partial charge in [0.25, 0.3) is 0 Å². The highest BCUT2D eigenvalue weighted by Gasteiger charge is 2.13. The van der Waals surface area contributed by atoms with Crippen LogP contribution in [0.25, 0.3) is 44.8 Å². The van der Waals surface area contributed by atoms with Crippen molar-refractivity contribution in [3.05, 3.63) is 102 Å². The van der Waals surface area contributed by atoms with Gasteiger partial charge in [0.15, 0.2) is 5.58 Å². The van der Waals surface area contributed by atoms with E-state index in [4.69, 9.17) is 21.0 Å². The maximum Gasteiger partial charge on any atom is 0.227 e. The Labute approximate surface area is 168 Å². The summed E-state index contributed by atoms with van der Waals surface area (Å²) in [5, 5.41) is 0.693. The third-order valence-electron chi connectivity index (χ3n) is 4.79. The second-order valence-electron chi connectivity index (χ2n) is 6.63. The molecular weight excluding hydrogens is 366 g/mol. The number of fused-ring (bicyclic) bond motifs is 1. The third kappa shape index (κ3) is 3.08. The van der Waals surface area contributed by atoms with Crippen LogP contribution in [0.4, 0.5) is 0 Å². The minimum absolute atomic E-state index is 0.596. The number of hydrogen-bond donors (Lipinski definition) is 0. The van der Waals surface area contributed by atoms with Gasteiger partial charge in [0, 0.05) is 16.1 Å². The van der Waals surface area contributed by atoms with Gasteiger partial charge in [-0.1, -0.05) is 72.3 Å². The minimum Gasteiger partial charge on any atom is -0.436 e. The molecule has 0 atom stereocenters. The van der Waals surface area contributed by atoms with E-state index >= 15 is 0 Å². The van der Waals surface area contributed by atoms with Crippen molar-refractivity contribution in [2.24, 2.45) is 0 Å². The van der Waals surface area contributed by atoms with Crippen LogP contribution >= 0.6 is 11.6 Å². The number of nitrogens with zero attached hydrogens (tertiary/aromatic N) is 1. The molecule has 3 heteroatoms. The third-order valence-corrected chi connectivity index (χ3v) is 5.04. The summed E-state index contributed by atoms with van der Waals surface area (Å²) in [5.41, 5.74) is 7.08. The van der Waals surface area contributed by atoms with Crippen LogP contribution < -0.4 is 0 Å². The molecule has 1 aromatic heterocycles. The van der Waals surface area contributed by atoms with Gasteiger partial charge in [-0.3, -0.25) is 0 Å². The Kier molecular flexibility index (Phi) is 4.19. The molecule has 2 nitrogen and oxygen atoms in total. The van der Waals surface area contributed by atoms with Crippen molar-refractivity contribution in [2.45, 2.75) is 0 Å². The number of hydrogen-bond acceptors (Lipinski definition) is 2. The van der Waals surface area contributed by atoms with Crippen molar-refractivity contribution >= 4 is 22.7 Å². The molecule has 4 aromatic carbocycles. The average molecular weight is 382 g/mol. The van der Waals surface area contributed by atoms with Gasteiger partial charge in [-0.2, -0.15) is 0 Å². The van der Waals surface area contributed by atoms with Crippen LogP contribution in [-0.4, -0.2) is 4.98 Å². The Balaban J connectivity index is 1.63. The number of benzene rings is 4. The predicted molar refractivity (Wildman–Crippen MR) is 115 cm³/mol. The Morgan fingerprint density at radius 1 is 0.607 bits per heavy atom. The normalized spacial score (nSPS) is 11.0. The first-order chi connectivity index (χ1) is 13.8. The molecule has 0 amide bonds. The maximum absolute atomic E-state index is 6.02. The Morgan fingerprint density at radius 2 is 1.32 bits per heavy atom. The Bertz CT molecular complexity index is 1260. The highest BCUT2D eigenvalue weighted by Crippen LogP contribution is 2.33. The molecule has 0 aliphatic carbocycles. The number of rotatable bonds is 3. The fourth-order valence-electron chi connectivity index (χ4n) is 3.39. The molecule has 28 heavy (non-hydrogen) atoms. The van der Waals surface area contributed by atoms with Gasteiger partial charge in [-0.05, 0) is 53.1 Å². The number of para-hydroxylation sites is 1. The molecule has 0 fully saturated rings. The lowest BCUT2D eigenvalue weighted by Gasteiger charge is -2.06. The summed E-state index contributed by atoms with van der Waals surface area (Å²) in [6, 6.07) is 32.5. The highest BCUT2D eigenvalue weighted by molar-refractivity contribution is 6.30. The zero-order valence-electron chi connectivity index (χ0n) is 15.0. The van der Waals surface area contributed by atoms with E-state index in [1.54, 1.807) is 0 Å². The Morgan fingerprint density at radius 3 is 2.14 bits per heavy atom. The Hall–Kier alpha value is -3.36. The van der Waals surface area contributed by atoms with E-state index < -0.39 is 0 Å². The molecule has 1 heterocycles. The van der Waals surface area contributed by atoms with Crippen molar-refractivity contribution in [1.82, 2.24) is 4.98 Å². The summed E-state index contributed by atoms with van der Waals surface area (Å²) in [4.78, 5) is 4.78. The average Bonchev–Trinajstić information content (AvgIpc) is 3.19. The van der Waals surface area contributed by atoms with Gasteiger partial charge in [-0.15, -0.1) is 0 Å². The molecule has 0 bridgehead atoms. The molecule has 5 rings (SSSR count). The predicted octanol–water partition coefficient (Wildman–Crippen LogP) is 7.48. The van der Waals surface area contributed by atoms with Gasteiger partial charge in [0.05, 0.1) is 0 Å². The van der Waals surface area contributed by atoms with Crippen LogP contribution in [0.1, 0.15) is 0 Å². The van der Waals surface area contributed by atoms with Gasteiger partial charge in [0.2, 0.25) is 5.89 Å². The first-order valence-electron chi connectivity index (χ1n) is 9.09. The molecule has 0 N–H and O–H groups in total. The summed E-state index contributed by atoms with van der Waals surface area (Å²) in [6.45, 7) is 0. The summed E-state index contributed by atoms with van der Waals surface area (Å²) in [7, 11) is 0. The fourth-order valence-corrected chi connectivity index (χ4v) is 3.52. The van der Waals surface area contributed by atoms with Crippen LogP contribution in [0, 0.1) is 0 Å². The molecule has 134 valence electrons. The molecule has 0 aliphatic rings. The van der Waals surface area contributed by atoms with Crippen LogP contribution in [0.2, 0.25) is 5.02 Å². The largest absolute Gasteiger partial charge is 0.436 e. The van der Waals surface area contributed by atoms with E-state index in [1.807, 2.05) is 42.5 Å². The lowest BCUT2D eigenvalue weighted by Crippen LogP contribution is -1.83. The zero-order valence-corrected chi connectivity index (χ0v) is 15.7. The van der Waals surface area contributed by atoms with Gasteiger partial charge in [0.1, 0.15) is 5.52 Å². The molecular formula is C25H16ClNO. The van der Waals surface area contributed by atoms with E-state index in [0.29, 0.717) is 10.9 Å². The first kappa shape index (κ1) is 16.8. The standard InChI is InChI=1S/C25H16ClNO/c26-21-14-12-18(13-15-21)25-27-24-22(10-5-11-23(24)28-25)20-9-4-8-19(16-20)17-6-2-1-3-7-17/h1-16H. The van der Waals surface area contributed by atoms with Crippen LogP contribution in [0.3, 0.4) is 0 Å². The quantitative estimate of drug-likeness (QED) is 0.323. The van der Waals surface area contributed by atoms with E-state index in [2.05, 4.69) is 54.6 Å². The van der Waals surface area contributed by atoms with Crippen molar-refractivity contribution < 1.29 is 4.42 Å². The van der Waals surface area contributed by atoms with Gasteiger partial charge < -0.3 is 4.42 Å². The van der Waals surface area contributed by atoms with E-state index in [9.17, 15) is 0 Å². The molecule has 0 radical (unpaired) electrons. The molecule has 0 spiro atoms. The van der Waals surface area contributed by atoms with E-state index in [-0.39, 0.29) is 0 Å². The zero-order chi connectivity index (χ0) is 18.9. The first-order valence-corrected chi connectivity index (χ1v) is 9.47. The molecule has 5 aromatic rings. The number of aromatic nitrogens is 1. The number of halogens is 1. The van der Waals surface area contributed by atoms with E-state index in [1.165, 1.54) is 11.1 Å². The fraction of sp³-hybridized carbons (Fsp3) is 0. The van der Waals surface area contributed by atoms with E-state index in [0.717, 1.165) is 27.8 Å². The smallest absolute Gasteiger partial charge is 0.227 e. The SMILES string of the molecule is Clc1ccc(-c2nc3c(-c4cccc(-c5ccccc5)c4)cccc3o2)cc1.